The standard InChI is InChI=1S/C22H21ClN4O2/c23-16-7-5-15(6-8-16)13-26-9-11-27(12-10-26)14-19-24-20-17-3-1-2-4-18(17)29-21(20)22(28)25-19/h1-8H,9-14H2,(H,24,25,28). The van der Waals surface area contributed by atoms with Gasteiger partial charge in [0, 0.05) is 43.1 Å². The predicted octanol–water partition coefficient (Wildman–Crippen LogP) is 3.64. The van der Waals surface area contributed by atoms with Gasteiger partial charge in [-0.05, 0) is 29.8 Å². The van der Waals surface area contributed by atoms with E-state index < -0.39 is 0 Å². The number of rotatable bonds is 4. The number of halogens is 1. The van der Waals surface area contributed by atoms with Gasteiger partial charge in [0.05, 0.1) is 6.54 Å². The van der Waals surface area contributed by atoms with Crippen LogP contribution in [0.25, 0.3) is 22.1 Å². The number of aromatic amines is 1. The van der Waals surface area contributed by atoms with E-state index in [0.717, 1.165) is 43.1 Å². The van der Waals surface area contributed by atoms with Crippen molar-refractivity contribution >= 4 is 33.7 Å². The highest BCUT2D eigenvalue weighted by molar-refractivity contribution is 6.30. The Morgan fingerprint density at radius 3 is 2.41 bits per heavy atom. The molecule has 148 valence electrons. The number of hydrogen-bond acceptors (Lipinski definition) is 5. The van der Waals surface area contributed by atoms with Gasteiger partial charge in [-0.15, -0.1) is 0 Å². The molecule has 2 aromatic heterocycles. The molecule has 29 heavy (non-hydrogen) atoms. The molecule has 0 spiro atoms. The third kappa shape index (κ3) is 3.79. The minimum atomic E-state index is -0.220. The monoisotopic (exact) mass is 408 g/mol. The molecule has 3 heterocycles. The van der Waals surface area contributed by atoms with Crippen molar-refractivity contribution in [3.05, 3.63) is 75.3 Å². The fourth-order valence-electron chi connectivity index (χ4n) is 3.89. The van der Waals surface area contributed by atoms with Gasteiger partial charge in [-0.2, -0.15) is 0 Å². The minimum Gasteiger partial charge on any atom is -0.449 e. The first-order valence-electron chi connectivity index (χ1n) is 9.75. The molecule has 0 atom stereocenters. The van der Waals surface area contributed by atoms with Crippen LogP contribution in [0.1, 0.15) is 11.4 Å². The van der Waals surface area contributed by atoms with E-state index in [1.807, 2.05) is 36.4 Å². The van der Waals surface area contributed by atoms with Gasteiger partial charge in [0.2, 0.25) is 5.58 Å². The molecule has 0 bridgehead atoms. The predicted molar refractivity (Wildman–Crippen MR) is 114 cm³/mol. The molecule has 4 aromatic rings. The molecule has 2 aromatic carbocycles. The Morgan fingerprint density at radius 1 is 0.966 bits per heavy atom. The number of para-hydroxylation sites is 1. The molecule has 0 radical (unpaired) electrons. The number of nitrogens with one attached hydrogen (secondary N) is 1. The molecular formula is C22H21ClN4O2. The van der Waals surface area contributed by atoms with Gasteiger partial charge in [-0.1, -0.05) is 35.9 Å². The zero-order valence-corrected chi connectivity index (χ0v) is 16.7. The number of benzene rings is 2. The molecule has 1 aliphatic heterocycles. The largest absolute Gasteiger partial charge is 0.449 e. The summed E-state index contributed by atoms with van der Waals surface area (Å²) in [6.07, 6.45) is 0. The summed E-state index contributed by atoms with van der Waals surface area (Å²) in [6, 6.07) is 15.6. The maximum absolute atomic E-state index is 12.5. The van der Waals surface area contributed by atoms with Crippen LogP contribution in [0.5, 0.6) is 0 Å². The smallest absolute Gasteiger partial charge is 0.294 e. The topological polar surface area (TPSA) is 65.4 Å². The van der Waals surface area contributed by atoms with Crippen LogP contribution in [0.3, 0.4) is 0 Å². The van der Waals surface area contributed by atoms with Crippen LogP contribution >= 0.6 is 11.6 Å². The van der Waals surface area contributed by atoms with Crippen molar-refractivity contribution in [1.82, 2.24) is 19.8 Å². The van der Waals surface area contributed by atoms with Crippen LogP contribution in [0, 0.1) is 0 Å². The van der Waals surface area contributed by atoms with Crippen LogP contribution in [-0.2, 0) is 13.1 Å². The summed E-state index contributed by atoms with van der Waals surface area (Å²) in [5, 5.41) is 1.64. The van der Waals surface area contributed by atoms with Gasteiger partial charge in [0.15, 0.2) is 0 Å². The van der Waals surface area contributed by atoms with E-state index in [-0.39, 0.29) is 5.56 Å². The summed E-state index contributed by atoms with van der Waals surface area (Å²) in [5.74, 6) is 0.681. The number of aromatic nitrogens is 2. The molecule has 7 heteroatoms. The Hall–Kier alpha value is -2.67. The highest BCUT2D eigenvalue weighted by Crippen LogP contribution is 2.24. The Morgan fingerprint density at radius 2 is 1.66 bits per heavy atom. The van der Waals surface area contributed by atoms with E-state index in [4.69, 9.17) is 21.0 Å². The zero-order chi connectivity index (χ0) is 19.8. The highest BCUT2D eigenvalue weighted by atomic mass is 35.5. The van der Waals surface area contributed by atoms with E-state index in [9.17, 15) is 4.79 Å². The number of piperazine rings is 1. The highest BCUT2D eigenvalue weighted by Gasteiger charge is 2.19. The van der Waals surface area contributed by atoms with Crippen molar-refractivity contribution in [1.29, 1.82) is 0 Å². The number of H-pyrrole nitrogens is 1. The normalized spacial score (nSPS) is 16.0. The fraction of sp³-hybridized carbons (Fsp3) is 0.273. The molecule has 0 unspecified atom stereocenters. The summed E-state index contributed by atoms with van der Waals surface area (Å²) in [4.78, 5) is 24.8. The molecule has 0 saturated carbocycles. The Labute approximate surface area is 172 Å². The van der Waals surface area contributed by atoms with Crippen molar-refractivity contribution in [2.45, 2.75) is 13.1 Å². The molecule has 5 rings (SSSR count). The SMILES string of the molecule is O=c1[nH]c(CN2CCN(Cc3ccc(Cl)cc3)CC2)nc2c1oc1ccccc12. The average Bonchev–Trinajstić information content (AvgIpc) is 3.11. The van der Waals surface area contributed by atoms with E-state index in [2.05, 4.69) is 26.9 Å². The van der Waals surface area contributed by atoms with Crippen LogP contribution in [0.15, 0.2) is 57.7 Å². The number of furan rings is 1. The number of fused-ring (bicyclic) bond motifs is 3. The lowest BCUT2D eigenvalue weighted by atomic mass is 10.2. The van der Waals surface area contributed by atoms with Crippen LogP contribution in [0.4, 0.5) is 0 Å². The maximum atomic E-state index is 12.5. The summed E-state index contributed by atoms with van der Waals surface area (Å²) in [7, 11) is 0. The third-order valence-electron chi connectivity index (χ3n) is 5.44. The van der Waals surface area contributed by atoms with E-state index >= 15 is 0 Å². The zero-order valence-electron chi connectivity index (χ0n) is 15.9. The second-order valence-corrected chi connectivity index (χ2v) is 7.90. The third-order valence-corrected chi connectivity index (χ3v) is 5.69. The summed E-state index contributed by atoms with van der Waals surface area (Å²) >= 11 is 5.97. The van der Waals surface area contributed by atoms with Gasteiger partial charge in [-0.3, -0.25) is 14.6 Å². The molecular weight excluding hydrogens is 388 g/mol. The van der Waals surface area contributed by atoms with E-state index in [1.165, 1.54) is 5.56 Å². The summed E-state index contributed by atoms with van der Waals surface area (Å²) < 4.78 is 5.67. The minimum absolute atomic E-state index is 0.220. The van der Waals surface area contributed by atoms with E-state index in [0.29, 0.717) is 29.1 Å². The van der Waals surface area contributed by atoms with Gasteiger partial charge >= 0.3 is 0 Å². The van der Waals surface area contributed by atoms with Crippen molar-refractivity contribution in [2.24, 2.45) is 0 Å². The molecule has 1 saturated heterocycles. The molecule has 0 aliphatic carbocycles. The maximum Gasteiger partial charge on any atom is 0.294 e. The first-order valence-corrected chi connectivity index (χ1v) is 10.1. The average molecular weight is 409 g/mol. The second-order valence-electron chi connectivity index (χ2n) is 7.47. The molecule has 0 amide bonds. The first kappa shape index (κ1) is 18.4. The number of hydrogen-bond donors (Lipinski definition) is 1. The van der Waals surface area contributed by atoms with Gasteiger partial charge in [0.1, 0.15) is 16.9 Å². The van der Waals surface area contributed by atoms with Gasteiger partial charge < -0.3 is 9.40 Å². The lowest BCUT2D eigenvalue weighted by Crippen LogP contribution is -2.45. The van der Waals surface area contributed by atoms with Gasteiger partial charge in [0.25, 0.3) is 5.56 Å². The molecule has 1 fully saturated rings. The van der Waals surface area contributed by atoms with E-state index in [1.54, 1.807) is 0 Å². The Bertz CT molecular complexity index is 1210. The first-order chi connectivity index (χ1) is 14.2. The van der Waals surface area contributed by atoms with Crippen molar-refractivity contribution in [2.75, 3.05) is 26.2 Å². The van der Waals surface area contributed by atoms with Crippen molar-refractivity contribution in [3.63, 3.8) is 0 Å². The number of nitrogens with zero attached hydrogens (tertiary/aromatic N) is 3. The fourth-order valence-corrected chi connectivity index (χ4v) is 4.01. The quantitative estimate of drug-likeness (QED) is 0.558. The lowest BCUT2D eigenvalue weighted by molar-refractivity contribution is 0.120. The molecule has 1 aliphatic rings. The Balaban J connectivity index is 1.27. The lowest BCUT2D eigenvalue weighted by Gasteiger charge is -2.34. The summed E-state index contributed by atoms with van der Waals surface area (Å²) in [5.41, 5.74) is 2.67. The second kappa shape index (κ2) is 7.63. The summed E-state index contributed by atoms with van der Waals surface area (Å²) in [6.45, 7) is 5.36. The van der Waals surface area contributed by atoms with Crippen LogP contribution in [0.2, 0.25) is 5.02 Å². The van der Waals surface area contributed by atoms with Crippen molar-refractivity contribution in [3.8, 4) is 0 Å². The van der Waals surface area contributed by atoms with Crippen LogP contribution in [-0.4, -0.2) is 45.9 Å². The molecule has 1 N–H and O–H groups in total. The van der Waals surface area contributed by atoms with Crippen molar-refractivity contribution < 1.29 is 4.42 Å². The Kier molecular flexibility index (Phi) is 4.83. The van der Waals surface area contributed by atoms with Crippen LogP contribution < -0.4 is 5.56 Å². The van der Waals surface area contributed by atoms with Gasteiger partial charge in [-0.25, -0.2) is 4.98 Å². The molecule has 6 nitrogen and oxygen atoms in total.